The van der Waals surface area contributed by atoms with Gasteiger partial charge in [0.25, 0.3) is 11.6 Å². The van der Waals surface area contributed by atoms with Crippen LogP contribution in [0.4, 0.5) is 30.2 Å². The number of pyridine rings is 1. The van der Waals surface area contributed by atoms with Gasteiger partial charge in [0.15, 0.2) is 0 Å². The summed E-state index contributed by atoms with van der Waals surface area (Å²) in [5, 5.41) is 13.6. The lowest BCUT2D eigenvalue weighted by Crippen LogP contribution is -2.14. The third kappa shape index (κ3) is 3.21. The van der Waals surface area contributed by atoms with E-state index in [0.717, 1.165) is 18.2 Å². The molecule has 0 spiro atoms. The second-order valence-corrected chi connectivity index (χ2v) is 5.99. The molecule has 1 aromatic carbocycles. The number of nitrogen functional groups attached to an aromatic ring is 1. The van der Waals surface area contributed by atoms with E-state index in [1.54, 1.807) is 0 Å². The van der Waals surface area contributed by atoms with E-state index in [4.69, 9.17) is 10.2 Å². The molecule has 146 valence electrons. The second-order valence-electron chi connectivity index (χ2n) is 5.99. The van der Waals surface area contributed by atoms with Crippen molar-refractivity contribution in [2.45, 2.75) is 20.0 Å². The number of nitrogens with zero attached hydrogens (tertiary/aromatic N) is 2. The summed E-state index contributed by atoms with van der Waals surface area (Å²) in [6.45, 7) is 2.85. The molecule has 0 unspecified atom stereocenters. The first-order valence-electron chi connectivity index (χ1n) is 7.83. The van der Waals surface area contributed by atoms with E-state index in [0.29, 0.717) is 0 Å². The van der Waals surface area contributed by atoms with Gasteiger partial charge < -0.3 is 15.5 Å². The Labute approximate surface area is 155 Å². The Morgan fingerprint density at radius 2 is 2.00 bits per heavy atom. The predicted octanol–water partition coefficient (Wildman–Crippen LogP) is 4.21. The van der Waals surface area contributed by atoms with Gasteiger partial charge >= 0.3 is 6.18 Å². The van der Waals surface area contributed by atoms with Crippen molar-refractivity contribution in [3.63, 3.8) is 0 Å². The largest absolute Gasteiger partial charge is 0.430 e. The lowest BCUT2D eigenvalue weighted by atomic mass is 10.1. The zero-order valence-electron chi connectivity index (χ0n) is 14.5. The summed E-state index contributed by atoms with van der Waals surface area (Å²) < 4.78 is 43.7. The average molecular weight is 394 g/mol. The molecule has 0 atom stereocenters. The van der Waals surface area contributed by atoms with Gasteiger partial charge in [0, 0.05) is 11.3 Å². The Morgan fingerprint density at radius 1 is 1.32 bits per heavy atom. The van der Waals surface area contributed by atoms with Crippen LogP contribution in [0, 0.1) is 24.0 Å². The van der Waals surface area contributed by atoms with Crippen LogP contribution in [-0.2, 0) is 6.18 Å². The number of halogens is 3. The fraction of sp³-hybridized carbons (Fsp3) is 0.176. The lowest BCUT2D eigenvalue weighted by molar-refractivity contribution is -0.386. The van der Waals surface area contributed by atoms with Gasteiger partial charge in [-0.05, 0) is 32.0 Å². The highest BCUT2D eigenvalue weighted by Crippen LogP contribution is 2.36. The summed E-state index contributed by atoms with van der Waals surface area (Å²) in [6.07, 6.45) is -4.57. The van der Waals surface area contributed by atoms with Crippen molar-refractivity contribution in [3.8, 4) is 0 Å². The number of aromatic nitrogens is 1. The molecule has 0 saturated heterocycles. The highest BCUT2D eigenvalue weighted by atomic mass is 19.4. The Kier molecular flexibility index (Phi) is 4.45. The zero-order chi connectivity index (χ0) is 20.8. The first-order chi connectivity index (χ1) is 13.0. The summed E-state index contributed by atoms with van der Waals surface area (Å²) in [5.41, 5.74) is 4.59. The molecule has 0 aliphatic rings. The molecule has 3 aromatic rings. The van der Waals surface area contributed by atoms with Gasteiger partial charge in [-0.25, -0.2) is 4.98 Å². The van der Waals surface area contributed by atoms with Gasteiger partial charge in [-0.3, -0.25) is 14.9 Å². The van der Waals surface area contributed by atoms with Gasteiger partial charge in [0.05, 0.1) is 21.6 Å². The number of hydrogen-bond donors (Lipinski definition) is 2. The van der Waals surface area contributed by atoms with E-state index in [9.17, 15) is 28.1 Å². The normalized spacial score (nSPS) is 11.6. The molecule has 3 rings (SSSR count). The monoisotopic (exact) mass is 394 g/mol. The number of furan rings is 1. The molecule has 28 heavy (non-hydrogen) atoms. The van der Waals surface area contributed by atoms with E-state index in [1.165, 1.54) is 19.9 Å². The van der Waals surface area contributed by atoms with Crippen molar-refractivity contribution in [1.29, 1.82) is 0 Å². The van der Waals surface area contributed by atoms with Crippen LogP contribution < -0.4 is 11.1 Å². The van der Waals surface area contributed by atoms with Crippen LogP contribution in [0.5, 0.6) is 0 Å². The molecule has 0 aliphatic heterocycles. The van der Waals surface area contributed by atoms with Crippen LogP contribution >= 0.6 is 0 Å². The SMILES string of the molecule is Cc1nc2oc(C(=O)Nc3cccc(C(F)(F)F)c3)c(N)c2c(C)c1[N+](=O)[O-]. The predicted molar refractivity (Wildman–Crippen MR) is 93.9 cm³/mol. The molecule has 0 aliphatic carbocycles. The molecule has 3 N–H and O–H groups in total. The maximum Gasteiger partial charge on any atom is 0.416 e. The summed E-state index contributed by atoms with van der Waals surface area (Å²) >= 11 is 0. The quantitative estimate of drug-likeness (QED) is 0.507. The van der Waals surface area contributed by atoms with Crippen molar-refractivity contribution in [2.75, 3.05) is 11.1 Å². The Hall–Kier alpha value is -3.63. The summed E-state index contributed by atoms with van der Waals surface area (Å²) in [6, 6.07) is 4.03. The summed E-state index contributed by atoms with van der Waals surface area (Å²) in [4.78, 5) is 27.0. The van der Waals surface area contributed by atoms with Gasteiger partial charge in [-0.2, -0.15) is 13.2 Å². The molecule has 2 aromatic heterocycles. The number of nitro groups is 1. The van der Waals surface area contributed by atoms with Crippen molar-refractivity contribution in [2.24, 2.45) is 0 Å². The van der Waals surface area contributed by atoms with Crippen LogP contribution in [0.1, 0.15) is 27.4 Å². The van der Waals surface area contributed by atoms with Crippen molar-refractivity contribution in [3.05, 3.63) is 57.0 Å². The topological polar surface area (TPSA) is 124 Å². The number of fused-ring (bicyclic) bond motifs is 1. The van der Waals surface area contributed by atoms with Gasteiger partial charge in [0.1, 0.15) is 5.69 Å². The van der Waals surface area contributed by atoms with Crippen LogP contribution in [0.2, 0.25) is 0 Å². The number of rotatable bonds is 3. The zero-order valence-corrected chi connectivity index (χ0v) is 14.5. The Morgan fingerprint density at radius 3 is 2.61 bits per heavy atom. The number of aryl methyl sites for hydroxylation is 2. The summed E-state index contributed by atoms with van der Waals surface area (Å²) in [5.74, 6) is -1.31. The molecule has 0 bridgehead atoms. The van der Waals surface area contributed by atoms with Crippen molar-refractivity contribution >= 4 is 34.1 Å². The fourth-order valence-corrected chi connectivity index (χ4v) is 2.87. The third-order valence-corrected chi connectivity index (χ3v) is 4.11. The van der Waals surface area contributed by atoms with Crippen molar-refractivity contribution < 1.29 is 27.3 Å². The smallest absolute Gasteiger partial charge is 0.416 e. The molecule has 0 saturated carbocycles. The van der Waals surface area contributed by atoms with Crippen LogP contribution in [0.3, 0.4) is 0 Å². The molecular weight excluding hydrogens is 381 g/mol. The maximum atomic E-state index is 12.8. The molecule has 0 radical (unpaired) electrons. The highest BCUT2D eigenvalue weighted by molar-refractivity contribution is 6.11. The first kappa shape index (κ1) is 19.1. The maximum absolute atomic E-state index is 12.8. The Bertz CT molecular complexity index is 1120. The third-order valence-electron chi connectivity index (χ3n) is 4.11. The number of alkyl halides is 3. The molecule has 0 fully saturated rings. The van der Waals surface area contributed by atoms with E-state index in [2.05, 4.69) is 10.3 Å². The number of hydrogen-bond acceptors (Lipinski definition) is 6. The standard InChI is InChI=1S/C17H13F3N4O4/c1-7-11-12(21)14(28-16(11)22-8(2)13(7)24(26)27)15(25)23-10-5-3-4-9(6-10)17(18,19)20/h3-6H,21H2,1-2H3,(H,23,25). The van der Waals surface area contributed by atoms with Crippen LogP contribution in [0.15, 0.2) is 28.7 Å². The van der Waals surface area contributed by atoms with Gasteiger partial charge in [-0.1, -0.05) is 6.07 Å². The number of anilines is 2. The Balaban J connectivity index is 2.03. The first-order valence-corrected chi connectivity index (χ1v) is 7.83. The number of benzene rings is 1. The second kappa shape index (κ2) is 6.51. The van der Waals surface area contributed by atoms with E-state index >= 15 is 0 Å². The average Bonchev–Trinajstić information content (AvgIpc) is 2.90. The molecular formula is C17H13F3N4O4. The molecule has 11 heteroatoms. The van der Waals surface area contributed by atoms with E-state index in [1.807, 2.05) is 0 Å². The molecule has 8 nitrogen and oxygen atoms in total. The van der Waals surface area contributed by atoms with Crippen LogP contribution in [-0.4, -0.2) is 15.8 Å². The molecule has 1 amide bonds. The minimum Gasteiger partial charge on any atom is -0.430 e. The number of nitrogens with two attached hydrogens (primary N) is 1. The van der Waals surface area contributed by atoms with E-state index in [-0.39, 0.29) is 39.4 Å². The number of nitrogens with one attached hydrogen (secondary N) is 1. The van der Waals surface area contributed by atoms with Gasteiger partial charge in [0.2, 0.25) is 11.5 Å². The number of amides is 1. The number of carbonyl (C=O) groups is 1. The molecule has 2 heterocycles. The summed E-state index contributed by atoms with van der Waals surface area (Å²) in [7, 11) is 0. The van der Waals surface area contributed by atoms with Crippen LogP contribution in [0.25, 0.3) is 11.1 Å². The van der Waals surface area contributed by atoms with E-state index < -0.39 is 28.3 Å². The number of carbonyl (C=O) groups excluding carboxylic acids is 1. The fourth-order valence-electron chi connectivity index (χ4n) is 2.87. The minimum atomic E-state index is -4.57. The minimum absolute atomic E-state index is 0.0766. The lowest BCUT2D eigenvalue weighted by Gasteiger charge is -2.09. The highest BCUT2D eigenvalue weighted by Gasteiger charge is 2.31. The van der Waals surface area contributed by atoms with Crippen molar-refractivity contribution in [1.82, 2.24) is 4.98 Å². The van der Waals surface area contributed by atoms with Gasteiger partial charge in [-0.15, -0.1) is 0 Å².